The number of hydrogen-bond donors (Lipinski definition) is 3. The molecule has 1 atom stereocenters. The Balaban J connectivity index is 2.43. The van der Waals surface area contributed by atoms with Crippen molar-refractivity contribution in [2.75, 3.05) is 30.3 Å². The molecule has 7 nitrogen and oxygen atoms in total. The Morgan fingerprint density at radius 3 is 2.76 bits per heavy atom. The number of H-pyrrole nitrogens is 1. The number of nitrogens with one attached hydrogen (secondary N) is 1. The van der Waals surface area contributed by atoms with E-state index in [1.54, 1.807) is 0 Å². The highest BCUT2D eigenvalue weighted by molar-refractivity contribution is 5.62. The summed E-state index contributed by atoms with van der Waals surface area (Å²) in [5, 5.41) is 9.31. The van der Waals surface area contributed by atoms with Crippen molar-refractivity contribution in [2.45, 2.75) is 33.2 Å². The highest BCUT2D eigenvalue weighted by Crippen LogP contribution is 2.24. The van der Waals surface area contributed by atoms with Crippen molar-refractivity contribution < 1.29 is 5.11 Å². The van der Waals surface area contributed by atoms with E-state index in [4.69, 9.17) is 5.73 Å². The van der Waals surface area contributed by atoms with E-state index in [0.29, 0.717) is 25.3 Å². The molecule has 4 N–H and O–H groups in total. The molecule has 1 saturated heterocycles. The molecule has 2 rings (SSSR count). The lowest BCUT2D eigenvalue weighted by molar-refractivity contribution is 0.208. The second kappa shape index (κ2) is 6.34. The Hall–Kier alpha value is -1.76. The quantitative estimate of drug-likeness (QED) is 0.724. The van der Waals surface area contributed by atoms with Crippen LogP contribution in [0.25, 0.3) is 0 Å². The number of anilines is 2. The molecule has 0 amide bonds. The van der Waals surface area contributed by atoms with E-state index in [0.717, 1.165) is 12.8 Å². The smallest absolute Gasteiger partial charge is 0.330 e. The van der Waals surface area contributed by atoms with E-state index >= 15 is 0 Å². The average Bonchev–Trinajstić information content (AvgIpc) is 2.43. The predicted molar refractivity (Wildman–Crippen MR) is 82.6 cm³/mol. The number of piperidine rings is 1. The van der Waals surface area contributed by atoms with Gasteiger partial charge in [-0.2, -0.15) is 0 Å². The van der Waals surface area contributed by atoms with E-state index in [9.17, 15) is 14.7 Å². The molecule has 0 bridgehead atoms. The minimum atomic E-state index is -0.467. The predicted octanol–water partition coefficient (Wildman–Crippen LogP) is -0.0165. The van der Waals surface area contributed by atoms with Crippen LogP contribution in [0, 0.1) is 11.8 Å². The maximum atomic E-state index is 12.1. The molecule has 2 heterocycles. The van der Waals surface area contributed by atoms with Gasteiger partial charge in [-0.1, -0.05) is 13.8 Å². The molecular formula is C14H24N4O3. The van der Waals surface area contributed by atoms with Crippen LogP contribution >= 0.6 is 0 Å². The number of aliphatic hydroxyl groups is 1. The first-order chi connectivity index (χ1) is 9.93. The molecule has 0 aliphatic carbocycles. The lowest BCUT2D eigenvalue weighted by Crippen LogP contribution is -2.43. The van der Waals surface area contributed by atoms with Crippen LogP contribution in [-0.4, -0.2) is 34.4 Å². The minimum absolute atomic E-state index is 0.0972. The van der Waals surface area contributed by atoms with Crippen LogP contribution in [0.5, 0.6) is 0 Å². The van der Waals surface area contributed by atoms with Gasteiger partial charge in [-0.15, -0.1) is 0 Å². The normalized spacial score (nSPS) is 19.2. The lowest BCUT2D eigenvalue weighted by atomic mass is 9.99. The van der Waals surface area contributed by atoms with Gasteiger partial charge < -0.3 is 15.7 Å². The zero-order chi connectivity index (χ0) is 15.6. The third-order valence-electron chi connectivity index (χ3n) is 3.86. The summed E-state index contributed by atoms with van der Waals surface area (Å²) in [5.41, 5.74) is 5.53. The second-order valence-electron chi connectivity index (χ2n) is 6.13. The first kappa shape index (κ1) is 15.6. The number of aromatic nitrogens is 2. The van der Waals surface area contributed by atoms with Crippen molar-refractivity contribution in [2.24, 2.45) is 11.8 Å². The zero-order valence-electron chi connectivity index (χ0n) is 12.6. The maximum Gasteiger partial charge on any atom is 0.330 e. The Morgan fingerprint density at radius 1 is 1.43 bits per heavy atom. The number of aliphatic hydroxyl groups excluding tert-OH is 1. The van der Waals surface area contributed by atoms with Crippen LogP contribution in [0.3, 0.4) is 0 Å². The van der Waals surface area contributed by atoms with Crippen LogP contribution in [0.4, 0.5) is 11.5 Å². The topological polar surface area (TPSA) is 104 Å². The third kappa shape index (κ3) is 3.29. The van der Waals surface area contributed by atoms with Crippen LogP contribution < -0.4 is 21.9 Å². The van der Waals surface area contributed by atoms with Gasteiger partial charge in [0.25, 0.3) is 5.56 Å². The lowest BCUT2D eigenvalue weighted by Gasteiger charge is -2.33. The molecule has 0 spiro atoms. The summed E-state index contributed by atoms with van der Waals surface area (Å²) in [4.78, 5) is 28.3. The molecule has 1 aliphatic rings. The van der Waals surface area contributed by atoms with Crippen molar-refractivity contribution >= 4 is 11.5 Å². The Kier molecular flexibility index (Phi) is 4.72. The van der Waals surface area contributed by atoms with Gasteiger partial charge in [0.05, 0.1) is 0 Å². The maximum absolute atomic E-state index is 12.1. The summed E-state index contributed by atoms with van der Waals surface area (Å²) in [6.45, 7) is 5.83. The summed E-state index contributed by atoms with van der Waals surface area (Å²) >= 11 is 0. The first-order valence-corrected chi connectivity index (χ1v) is 7.42. The second-order valence-corrected chi connectivity index (χ2v) is 6.13. The van der Waals surface area contributed by atoms with Crippen molar-refractivity contribution in [1.82, 2.24) is 9.55 Å². The van der Waals surface area contributed by atoms with Gasteiger partial charge >= 0.3 is 5.69 Å². The zero-order valence-corrected chi connectivity index (χ0v) is 12.6. The minimum Gasteiger partial charge on any atom is -0.396 e. The van der Waals surface area contributed by atoms with Crippen LogP contribution in [-0.2, 0) is 6.54 Å². The van der Waals surface area contributed by atoms with Crippen molar-refractivity contribution in [3.8, 4) is 0 Å². The SMILES string of the molecule is CC(C)Cn1c(N)c(N2CCCC(CO)C2)c(=O)[nH]c1=O. The van der Waals surface area contributed by atoms with E-state index in [2.05, 4.69) is 4.98 Å². The summed E-state index contributed by atoms with van der Waals surface area (Å²) in [5.74, 6) is 0.606. The molecule has 1 aromatic heterocycles. The van der Waals surface area contributed by atoms with Crippen molar-refractivity contribution in [1.29, 1.82) is 0 Å². The highest BCUT2D eigenvalue weighted by atomic mass is 16.3. The standard InChI is InChI=1S/C14H24N4O3/c1-9(2)6-18-12(15)11(13(20)16-14(18)21)17-5-3-4-10(7-17)8-19/h9-10,19H,3-8,15H2,1-2H3,(H,16,20,21). The fourth-order valence-corrected chi connectivity index (χ4v) is 2.85. The summed E-state index contributed by atoms with van der Waals surface area (Å²) in [7, 11) is 0. The molecular weight excluding hydrogens is 272 g/mol. The first-order valence-electron chi connectivity index (χ1n) is 7.42. The molecule has 1 fully saturated rings. The number of nitrogen functional groups attached to an aromatic ring is 1. The van der Waals surface area contributed by atoms with E-state index in [-0.39, 0.29) is 24.3 Å². The molecule has 118 valence electrons. The molecule has 1 aromatic rings. The summed E-state index contributed by atoms with van der Waals surface area (Å²) < 4.78 is 1.42. The Morgan fingerprint density at radius 2 is 2.14 bits per heavy atom. The molecule has 0 radical (unpaired) electrons. The number of hydrogen-bond acceptors (Lipinski definition) is 5. The molecule has 7 heteroatoms. The van der Waals surface area contributed by atoms with Gasteiger partial charge in [0.1, 0.15) is 11.5 Å². The Labute approximate surface area is 123 Å². The molecule has 1 aliphatic heterocycles. The van der Waals surface area contributed by atoms with Crippen LogP contribution in [0.2, 0.25) is 0 Å². The fourth-order valence-electron chi connectivity index (χ4n) is 2.85. The Bertz CT molecular complexity index is 605. The van der Waals surface area contributed by atoms with E-state index < -0.39 is 11.2 Å². The highest BCUT2D eigenvalue weighted by Gasteiger charge is 2.25. The fraction of sp³-hybridized carbons (Fsp3) is 0.714. The van der Waals surface area contributed by atoms with Gasteiger partial charge in [0.15, 0.2) is 0 Å². The van der Waals surface area contributed by atoms with Gasteiger partial charge in [-0.3, -0.25) is 14.3 Å². The summed E-state index contributed by atoms with van der Waals surface area (Å²) in [6.07, 6.45) is 1.84. The number of nitrogens with two attached hydrogens (primary N) is 1. The molecule has 21 heavy (non-hydrogen) atoms. The van der Waals surface area contributed by atoms with Crippen molar-refractivity contribution in [3.63, 3.8) is 0 Å². The number of nitrogens with zero attached hydrogens (tertiary/aromatic N) is 2. The van der Waals surface area contributed by atoms with Crippen LogP contribution in [0.1, 0.15) is 26.7 Å². The average molecular weight is 296 g/mol. The summed E-state index contributed by atoms with van der Waals surface area (Å²) in [6, 6.07) is 0. The largest absolute Gasteiger partial charge is 0.396 e. The van der Waals surface area contributed by atoms with Crippen molar-refractivity contribution in [3.05, 3.63) is 20.8 Å². The molecule has 1 unspecified atom stereocenters. The molecule has 0 aromatic carbocycles. The van der Waals surface area contributed by atoms with Gasteiger partial charge in [-0.25, -0.2) is 4.79 Å². The van der Waals surface area contributed by atoms with Gasteiger partial charge in [0.2, 0.25) is 0 Å². The number of aromatic amines is 1. The van der Waals surface area contributed by atoms with Gasteiger partial charge in [0, 0.05) is 26.2 Å². The number of rotatable bonds is 4. The van der Waals surface area contributed by atoms with Gasteiger partial charge in [-0.05, 0) is 24.7 Å². The van der Waals surface area contributed by atoms with Crippen LogP contribution in [0.15, 0.2) is 9.59 Å². The van der Waals surface area contributed by atoms with E-state index in [1.165, 1.54) is 4.57 Å². The third-order valence-corrected chi connectivity index (χ3v) is 3.86. The van der Waals surface area contributed by atoms with E-state index in [1.807, 2.05) is 18.7 Å². The monoisotopic (exact) mass is 296 g/mol. The molecule has 0 saturated carbocycles.